The Kier molecular flexibility index (Phi) is 9.68. The van der Waals surface area contributed by atoms with Crippen molar-refractivity contribution in [3.05, 3.63) is 58.7 Å². The van der Waals surface area contributed by atoms with Gasteiger partial charge in [-0.15, -0.1) is 0 Å². The SMILES string of the molecule is CCCCCc1cc(CCCCC)cc(N=CC=Nc2ccc(C)c(C)c2)c1. The van der Waals surface area contributed by atoms with Crippen molar-refractivity contribution in [3.63, 3.8) is 0 Å². The van der Waals surface area contributed by atoms with Crippen LogP contribution in [0.5, 0.6) is 0 Å². The van der Waals surface area contributed by atoms with E-state index in [1.54, 1.807) is 6.21 Å². The molecule has 0 amide bonds. The van der Waals surface area contributed by atoms with E-state index >= 15 is 0 Å². The van der Waals surface area contributed by atoms with Crippen molar-refractivity contribution in [2.45, 2.75) is 79.1 Å². The number of benzene rings is 2. The highest BCUT2D eigenvalue weighted by atomic mass is 14.8. The summed E-state index contributed by atoms with van der Waals surface area (Å²) in [4.78, 5) is 9.18. The van der Waals surface area contributed by atoms with Gasteiger partial charge in [-0.1, -0.05) is 51.7 Å². The van der Waals surface area contributed by atoms with Crippen LogP contribution in [-0.2, 0) is 12.8 Å². The van der Waals surface area contributed by atoms with Gasteiger partial charge in [-0.2, -0.15) is 0 Å². The van der Waals surface area contributed by atoms with Gasteiger partial charge < -0.3 is 0 Å². The summed E-state index contributed by atoms with van der Waals surface area (Å²) in [5.74, 6) is 0. The highest BCUT2D eigenvalue weighted by Crippen LogP contribution is 2.21. The quantitative estimate of drug-likeness (QED) is 0.281. The Hall–Kier alpha value is -2.22. The first kappa shape index (κ1) is 22.1. The second-order valence-electron chi connectivity index (χ2n) is 7.75. The van der Waals surface area contributed by atoms with Crippen LogP contribution in [0.1, 0.15) is 74.6 Å². The van der Waals surface area contributed by atoms with Crippen LogP contribution in [0.25, 0.3) is 0 Å². The molecule has 0 unspecified atom stereocenters. The minimum atomic E-state index is 0.975. The predicted molar refractivity (Wildman–Crippen MR) is 125 cm³/mol. The number of rotatable bonds is 11. The number of nitrogens with zero attached hydrogens (tertiary/aromatic N) is 2. The summed E-state index contributed by atoms with van der Waals surface area (Å²) in [7, 11) is 0. The molecule has 0 heterocycles. The van der Waals surface area contributed by atoms with Crippen molar-refractivity contribution < 1.29 is 0 Å². The molecule has 0 bridgehead atoms. The summed E-state index contributed by atoms with van der Waals surface area (Å²) in [5, 5.41) is 0. The fourth-order valence-corrected chi connectivity index (χ4v) is 3.31. The zero-order chi connectivity index (χ0) is 20.2. The summed E-state index contributed by atoms with van der Waals surface area (Å²) in [6.07, 6.45) is 13.5. The molecule has 2 nitrogen and oxygen atoms in total. The minimum Gasteiger partial charge on any atom is -0.255 e. The van der Waals surface area contributed by atoms with Gasteiger partial charge in [-0.25, -0.2) is 0 Å². The lowest BCUT2D eigenvalue weighted by Gasteiger charge is -2.08. The molecule has 2 rings (SSSR count). The molecule has 2 aromatic carbocycles. The molecule has 0 N–H and O–H groups in total. The molecule has 0 saturated carbocycles. The number of unbranched alkanes of at least 4 members (excludes halogenated alkanes) is 4. The molecule has 2 aromatic rings. The Morgan fingerprint density at radius 2 is 1.21 bits per heavy atom. The largest absolute Gasteiger partial charge is 0.255 e. The average molecular weight is 377 g/mol. The average Bonchev–Trinajstić information content (AvgIpc) is 2.68. The molecule has 0 radical (unpaired) electrons. The van der Waals surface area contributed by atoms with Crippen molar-refractivity contribution >= 4 is 23.8 Å². The topological polar surface area (TPSA) is 24.7 Å². The molecule has 28 heavy (non-hydrogen) atoms. The predicted octanol–water partition coefficient (Wildman–Crippen LogP) is 7.87. The zero-order valence-corrected chi connectivity index (χ0v) is 18.2. The zero-order valence-electron chi connectivity index (χ0n) is 18.2. The van der Waals surface area contributed by atoms with Gasteiger partial charge in [0.05, 0.1) is 11.4 Å². The Morgan fingerprint density at radius 1 is 0.643 bits per heavy atom. The Labute approximate surface area is 171 Å². The molecule has 0 fully saturated rings. The summed E-state index contributed by atoms with van der Waals surface area (Å²) in [5.41, 5.74) is 7.42. The van der Waals surface area contributed by atoms with Crippen molar-refractivity contribution in [1.82, 2.24) is 0 Å². The molecule has 0 aliphatic heterocycles. The van der Waals surface area contributed by atoms with Gasteiger partial charge in [0, 0.05) is 12.4 Å². The fourth-order valence-electron chi connectivity index (χ4n) is 3.31. The fraction of sp³-hybridized carbons (Fsp3) is 0.462. The maximum Gasteiger partial charge on any atom is 0.0635 e. The van der Waals surface area contributed by atoms with Gasteiger partial charge in [0.25, 0.3) is 0 Å². The molecule has 150 valence electrons. The maximum absolute atomic E-state index is 4.66. The van der Waals surface area contributed by atoms with E-state index in [4.69, 9.17) is 0 Å². The molecule has 0 spiro atoms. The van der Waals surface area contributed by atoms with Crippen molar-refractivity contribution in [1.29, 1.82) is 0 Å². The van der Waals surface area contributed by atoms with Gasteiger partial charge in [0.1, 0.15) is 0 Å². The smallest absolute Gasteiger partial charge is 0.0635 e. The minimum absolute atomic E-state index is 0.975. The van der Waals surface area contributed by atoms with E-state index in [9.17, 15) is 0 Å². The van der Waals surface area contributed by atoms with Gasteiger partial charge in [0.15, 0.2) is 0 Å². The van der Waals surface area contributed by atoms with E-state index in [1.165, 1.54) is 60.8 Å². The molecule has 0 saturated heterocycles. The summed E-state index contributed by atoms with van der Waals surface area (Å²) in [6, 6.07) is 13.1. The molecule has 0 aromatic heterocycles. The lowest BCUT2D eigenvalue weighted by atomic mass is 10.00. The Balaban J connectivity index is 2.08. The standard InChI is InChI=1S/C26H36N2/c1-5-7-9-11-23-18-24(12-10-8-6-2)20-26(19-23)28-16-15-27-25-14-13-21(3)22(4)17-25/h13-20H,5-12H2,1-4H3. The molecular weight excluding hydrogens is 340 g/mol. The lowest BCUT2D eigenvalue weighted by molar-refractivity contribution is 0.709. The van der Waals surface area contributed by atoms with Crippen LogP contribution in [0, 0.1) is 13.8 Å². The normalized spacial score (nSPS) is 11.7. The number of aliphatic imine (C=N–C) groups is 2. The van der Waals surface area contributed by atoms with E-state index in [0.717, 1.165) is 24.2 Å². The van der Waals surface area contributed by atoms with Crippen LogP contribution in [0.3, 0.4) is 0 Å². The van der Waals surface area contributed by atoms with E-state index in [2.05, 4.69) is 68.0 Å². The first-order valence-corrected chi connectivity index (χ1v) is 10.9. The second-order valence-corrected chi connectivity index (χ2v) is 7.75. The number of hydrogen-bond donors (Lipinski definition) is 0. The highest BCUT2D eigenvalue weighted by molar-refractivity contribution is 6.17. The monoisotopic (exact) mass is 376 g/mol. The van der Waals surface area contributed by atoms with E-state index in [0.29, 0.717) is 0 Å². The van der Waals surface area contributed by atoms with Crippen LogP contribution in [-0.4, -0.2) is 12.4 Å². The molecule has 2 heteroatoms. The molecule has 0 aliphatic rings. The first-order valence-electron chi connectivity index (χ1n) is 10.9. The number of hydrogen-bond acceptors (Lipinski definition) is 2. The summed E-state index contributed by atoms with van der Waals surface area (Å²) in [6.45, 7) is 8.75. The Morgan fingerprint density at radius 3 is 1.75 bits per heavy atom. The van der Waals surface area contributed by atoms with Crippen molar-refractivity contribution in [3.8, 4) is 0 Å². The van der Waals surface area contributed by atoms with Gasteiger partial charge in [-0.3, -0.25) is 9.98 Å². The van der Waals surface area contributed by atoms with E-state index in [1.807, 2.05) is 12.3 Å². The van der Waals surface area contributed by atoms with Crippen molar-refractivity contribution in [2.24, 2.45) is 9.98 Å². The summed E-state index contributed by atoms with van der Waals surface area (Å²) < 4.78 is 0. The van der Waals surface area contributed by atoms with Gasteiger partial charge in [0.2, 0.25) is 0 Å². The van der Waals surface area contributed by atoms with Crippen LogP contribution in [0.2, 0.25) is 0 Å². The molecular formula is C26H36N2. The van der Waals surface area contributed by atoms with Gasteiger partial charge in [-0.05, 0) is 86.1 Å². The van der Waals surface area contributed by atoms with Crippen LogP contribution < -0.4 is 0 Å². The lowest BCUT2D eigenvalue weighted by Crippen LogP contribution is -1.91. The van der Waals surface area contributed by atoms with E-state index in [-0.39, 0.29) is 0 Å². The van der Waals surface area contributed by atoms with Crippen LogP contribution in [0.4, 0.5) is 11.4 Å². The number of aryl methyl sites for hydroxylation is 4. The second kappa shape index (κ2) is 12.3. The third-order valence-corrected chi connectivity index (χ3v) is 5.18. The maximum atomic E-state index is 4.66. The molecule has 0 atom stereocenters. The first-order chi connectivity index (χ1) is 13.6. The van der Waals surface area contributed by atoms with Crippen LogP contribution in [0.15, 0.2) is 46.4 Å². The molecule has 0 aliphatic carbocycles. The van der Waals surface area contributed by atoms with Gasteiger partial charge >= 0.3 is 0 Å². The third kappa shape index (κ3) is 7.80. The van der Waals surface area contributed by atoms with Crippen LogP contribution >= 0.6 is 0 Å². The van der Waals surface area contributed by atoms with Crippen molar-refractivity contribution in [2.75, 3.05) is 0 Å². The summed E-state index contributed by atoms with van der Waals surface area (Å²) >= 11 is 0. The third-order valence-electron chi connectivity index (χ3n) is 5.18. The Bertz CT molecular complexity index is 759. The highest BCUT2D eigenvalue weighted by Gasteiger charge is 2.01. The van der Waals surface area contributed by atoms with E-state index < -0.39 is 0 Å².